The van der Waals surface area contributed by atoms with E-state index in [-0.39, 0.29) is 28.6 Å². The molecule has 0 aromatic carbocycles. The highest BCUT2D eigenvalue weighted by molar-refractivity contribution is 5.97. The van der Waals surface area contributed by atoms with Crippen LogP contribution in [-0.4, -0.2) is 23.4 Å². The number of amides is 1. The SMILES string of the molecule is CC(=O)[C@H]1CC[C@H]2[C@@H]3CCC4=C/C(=N\NC(=O)[C@@H](N)C(C)C)CC[C@]4(C)[C@H]3CC[C@]12C. The fraction of sp³-hybridized carbons (Fsp3) is 0.808. The maximum atomic E-state index is 12.3. The molecule has 0 unspecified atom stereocenters. The second-order valence-corrected chi connectivity index (χ2v) is 11.6. The van der Waals surface area contributed by atoms with E-state index in [1.54, 1.807) is 0 Å². The summed E-state index contributed by atoms with van der Waals surface area (Å²) in [6.45, 7) is 10.6. The van der Waals surface area contributed by atoms with E-state index < -0.39 is 6.04 Å². The summed E-state index contributed by atoms with van der Waals surface area (Å²) >= 11 is 0. The summed E-state index contributed by atoms with van der Waals surface area (Å²) in [6.07, 6.45) is 11.4. The highest BCUT2D eigenvalue weighted by Crippen LogP contribution is 2.66. The lowest BCUT2D eigenvalue weighted by atomic mass is 9.46. The molecular formula is C26H41N3O2. The Morgan fingerprint density at radius 1 is 1.10 bits per heavy atom. The summed E-state index contributed by atoms with van der Waals surface area (Å²) in [5, 5.41) is 4.43. The van der Waals surface area contributed by atoms with Gasteiger partial charge in [0.2, 0.25) is 0 Å². The molecule has 0 spiro atoms. The number of hydrogen-bond acceptors (Lipinski definition) is 4. The first kappa shape index (κ1) is 22.7. The van der Waals surface area contributed by atoms with Crippen molar-refractivity contribution in [1.29, 1.82) is 0 Å². The summed E-state index contributed by atoms with van der Waals surface area (Å²) < 4.78 is 0. The number of nitrogens with two attached hydrogens (primary N) is 1. The average Bonchev–Trinajstić information content (AvgIpc) is 3.08. The number of nitrogens with zero attached hydrogens (tertiary/aromatic N) is 1. The van der Waals surface area contributed by atoms with Crippen molar-refractivity contribution in [2.75, 3.05) is 0 Å². The Labute approximate surface area is 187 Å². The van der Waals surface area contributed by atoms with Gasteiger partial charge >= 0.3 is 0 Å². The lowest BCUT2D eigenvalue weighted by Crippen LogP contribution is -2.51. The van der Waals surface area contributed by atoms with Gasteiger partial charge in [-0.3, -0.25) is 9.59 Å². The van der Waals surface area contributed by atoms with Crippen LogP contribution in [0.2, 0.25) is 0 Å². The largest absolute Gasteiger partial charge is 0.320 e. The minimum atomic E-state index is -0.525. The van der Waals surface area contributed by atoms with Crippen LogP contribution in [0.1, 0.15) is 86.0 Å². The maximum absolute atomic E-state index is 12.3. The third-order valence-electron chi connectivity index (χ3n) is 9.80. The number of hydrogen-bond donors (Lipinski definition) is 2. The first-order chi connectivity index (χ1) is 14.6. The standard InChI is InChI=1S/C26H41N3O2/c1-15(2)23(27)24(31)29-28-18-10-12-25(4)17(14-18)6-7-19-21-9-8-20(16(3)30)26(21,5)13-11-22(19)25/h14-15,19-23H,6-13,27H2,1-5H3,(H,29,31)/b28-18-/t19-,20+,21-,22-,23-,25-,26+/m0/s1. The number of fused-ring (bicyclic) bond motifs is 5. The van der Waals surface area contributed by atoms with Crippen molar-refractivity contribution in [2.24, 2.45) is 51.3 Å². The number of carbonyl (C=O) groups excluding carboxylic acids is 2. The predicted molar refractivity (Wildman–Crippen MR) is 124 cm³/mol. The van der Waals surface area contributed by atoms with Gasteiger partial charge in [-0.15, -0.1) is 0 Å². The van der Waals surface area contributed by atoms with Crippen LogP contribution in [0.4, 0.5) is 0 Å². The van der Waals surface area contributed by atoms with Crippen molar-refractivity contribution in [1.82, 2.24) is 5.43 Å². The highest BCUT2D eigenvalue weighted by atomic mass is 16.2. The molecule has 0 radical (unpaired) electrons. The van der Waals surface area contributed by atoms with Crippen molar-refractivity contribution in [3.8, 4) is 0 Å². The van der Waals surface area contributed by atoms with Gasteiger partial charge in [0.1, 0.15) is 5.78 Å². The zero-order valence-corrected chi connectivity index (χ0v) is 20.0. The Morgan fingerprint density at radius 2 is 1.84 bits per heavy atom. The van der Waals surface area contributed by atoms with E-state index in [1.807, 2.05) is 20.8 Å². The fourth-order valence-electron chi connectivity index (χ4n) is 7.83. The van der Waals surface area contributed by atoms with Crippen LogP contribution in [0, 0.1) is 40.4 Å². The summed E-state index contributed by atoms with van der Waals surface area (Å²) in [7, 11) is 0. The lowest BCUT2D eigenvalue weighted by molar-refractivity contribution is -0.127. The Bertz CT molecular complexity index is 815. The molecule has 4 aliphatic rings. The third-order valence-corrected chi connectivity index (χ3v) is 9.80. The molecule has 31 heavy (non-hydrogen) atoms. The van der Waals surface area contributed by atoms with Crippen molar-refractivity contribution in [3.63, 3.8) is 0 Å². The quantitative estimate of drug-likeness (QED) is 0.643. The van der Waals surface area contributed by atoms with Crippen LogP contribution < -0.4 is 11.2 Å². The third kappa shape index (κ3) is 3.71. The number of nitrogens with one attached hydrogen (secondary N) is 1. The van der Waals surface area contributed by atoms with E-state index >= 15 is 0 Å². The van der Waals surface area contributed by atoms with E-state index in [0.29, 0.717) is 17.6 Å². The van der Waals surface area contributed by atoms with Gasteiger partial charge in [-0.05, 0) is 98.9 Å². The number of rotatable bonds is 4. The van der Waals surface area contributed by atoms with Gasteiger partial charge in [0.25, 0.3) is 5.91 Å². The van der Waals surface area contributed by atoms with Gasteiger partial charge in [0.05, 0.1) is 11.8 Å². The molecule has 0 aromatic rings. The summed E-state index contributed by atoms with van der Waals surface area (Å²) in [5.41, 5.74) is 11.6. The molecule has 0 heterocycles. The minimum absolute atomic E-state index is 0.0960. The van der Waals surface area contributed by atoms with E-state index in [0.717, 1.165) is 37.3 Å². The number of hydrazone groups is 1. The second-order valence-electron chi connectivity index (χ2n) is 11.6. The van der Waals surface area contributed by atoms with Crippen LogP contribution in [0.5, 0.6) is 0 Å². The summed E-state index contributed by atoms with van der Waals surface area (Å²) in [5.74, 6) is 2.72. The number of ketones is 1. The molecule has 3 saturated carbocycles. The Balaban J connectivity index is 1.51. The van der Waals surface area contributed by atoms with Crippen LogP contribution in [0.25, 0.3) is 0 Å². The molecule has 4 aliphatic carbocycles. The van der Waals surface area contributed by atoms with Crippen molar-refractivity contribution >= 4 is 17.4 Å². The average molecular weight is 428 g/mol. The predicted octanol–water partition coefficient (Wildman–Crippen LogP) is 4.61. The number of Topliss-reactive ketones (excluding diaryl/α,β-unsaturated/α-hetero) is 1. The number of allylic oxidation sites excluding steroid dienone is 2. The van der Waals surface area contributed by atoms with E-state index in [9.17, 15) is 9.59 Å². The van der Waals surface area contributed by atoms with E-state index in [4.69, 9.17) is 5.73 Å². The molecule has 0 saturated heterocycles. The van der Waals surface area contributed by atoms with E-state index in [1.165, 1.54) is 31.3 Å². The molecule has 1 amide bonds. The fourth-order valence-corrected chi connectivity index (χ4v) is 7.83. The van der Waals surface area contributed by atoms with Crippen molar-refractivity contribution in [2.45, 2.75) is 92.0 Å². The van der Waals surface area contributed by atoms with E-state index in [2.05, 4.69) is 30.5 Å². The zero-order chi connectivity index (χ0) is 22.6. The summed E-state index contributed by atoms with van der Waals surface area (Å²) in [4.78, 5) is 24.5. The molecule has 0 aliphatic heterocycles. The van der Waals surface area contributed by atoms with Gasteiger partial charge in [0.15, 0.2) is 0 Å². The molecule has 5 heteroatoms. The normalized spacial score (nSPS) is 41.8. The van der Waals surface area contributed by atoms with Gasteiger partial charge in [0, 0.05) is 5.92 Å². The van der Waals surface area contributed by atoms with Crippen LogP contribution >= 0.6 is 0 Å². The molecule has 4 rings (SSSR count). The Morgan fingerprint density at radius 3 is 2.52 bits per heavy atom. The highest BCUT2D eigenvalue weighted by Gasteiger charge is 2.59. The van der Waals surface area contributed by atoms with Gasteiger partial charge in [-0.1, -0.05) is 33.3 Å². The molecular weight excluding hydrogens is 386 g/mol. The zero-order valence-electron chi connectivity index (χ0n) is 20.0. The molecule has 172 valence electrons. The van der Waals surface area contributed by atoms with Gasteiger partial charge in [-0.2, -0.15) is 5.10 Å². The van der Waals surface area contributed by atoms with Crippen LogP contribution in [-0.2, 0) is 9.59 Å². The monoisotopic (exact) mass is 427 g/mol. The first-order valence-electron chi connectivity index (χ1n) is 12.4. The Kier molecular flexibility index (Phi) is 5.95. The molecule has 0 aromatic heterocycles. The lowest BCUT2D eigenvalue weighted by Gasteiger charge is -2.58. The molecule has 3 N–H and O–H groups in total. The van der Waals surface area contributed by atoms with Crippen molar-refractivity contribution in [3.05, 3.63) is 11.6 Å². The van der Waals surface area contributed by atoms with Crippen LogP contribution in [0.3, 0.4) is 0 Å². The molecule has 7 atom stereocenters. The molecule has 5 nitrogen and oxygen atoms in total. The first-order valence-corrected chi connectivity index (χ1v) is 12.4. The molecule has 3 fully saturated rings. The maximum Gasteiger partial charge on any atom is 0.257 e. The second kappa shape index (κ2) is 8.13. The smallest absolute Gasteiger partial charge is 0.257 e. The number of carbonyl (C=O) groups is 2. The van der Waals surface area contributed by atoms with Crippen LogP contribution in [0.15, 0.2) is 16.8 Å². The molecule has 0 bridgehead atoms. The Hall–Kier alpha value is -1.49. The van der Waals surface area contributed by atoms with Gasteiger partial charge in [-0.25, -0.2) is 5.43 Å². The topological polar surface area (TPSA) is 84.5 Å². The van der Waals surface area contributed by atoms with Gasteiger partial charge < -0.3 is 5.73 Å². The minimum Gasteiger partial charge on any atom is -0.320 e. The van der Waals surface area contributed by atoms with Crippen molar-refractivity contribution < 1.29 is 9.59 Å². The summed E-state index contributed by atoms with van der Waals surface area (Å²) in [6, 6.07) is -0.525.